The molecule has 0 bridgehead atoms. The van der Waals surface area contributed by atoms with Gasteiger partial charge in [0, 0.05) is 40.4 Å². The molecule has 1 aliphatic carbocycles. The van der Waals surface area contributed by atoms with E-state index in [4.69, 9.17) is 30.8 Å². The van der Waals surface area contributed by atoms with Crippen LogP contribution in [0.15, 0.2) is 58.7 Å². The standard InChI is InChI=1S/C27H26ClNO5/c1-15-23(26(31)32-13-16-7-5-4-6-8-16)24(17-9-21-22(10-18(17)28)34-14-33-21)25-19(29-15)11-27(2,3)12-20(25)30/h4-10,23-24H,11-14H2,1-3H3/t23?,24-/m0/s1. The molecule has 0 saturated carbocycles. The fourth-order valence-corrected chi connectivity index (χ4v) is 5.35. The zero-order chi connectivity index (χ0) is 24.0. The van der Waals surface area contributed by atoms with E-state index >= 15 is 0 Å². The van der Waals surface area contributed by atoms with Gasteiger partial charge in [0.05, 0.1) is 0 Å². The molecule has 2 aromatic carbocycles. The third kappa shape index (κ3) is 4.11. The van der Waals surface area contributed by atoms with Gasteiger partial charge in [0.2, 0.25) is 6.79 Å². The van der Waals surface area contributed by atoms with Crippen molar-refractivity contribution in [3.05, 3.63) is 69.9 Å². The molecule has 0 fully saturated rings. The Bertz CT molecular complexity index is 1230. The molecule has 3 aliphatic rings. The molecular weight excluding hydrogens is 454 g/mol. The van der Waals surface area contributed by atoms with Gasteiger partial charge in [-0.15, -0.1) is 0 Å². The van der Waals surface area contributed by atoms with Crippen molar-refractivity contribution in [2.24, 2.45) is 16.3 Å². The number of fused-ring (bicyclic) bond motifs is 1. The topological polar surface area (TPSA) is 74.2 Å². The third-order valence-corrected chi connectivity index (χ3v) is 6.93. The molecule has 2 aromatic rings. The zero-order valence-corrected chi connectivity index (χ0v) is 20.1. The summed E-state index contributed by atoms with van der Waals surface area (Å²) in [5, 5.41) is 0.411. The van der Waals surface area contributed by atoms with Crippen LogP contribution in [0, 0.1) is 11.3 Å². The van der Waals surface area contributed by atoms with Crippen LogP contribution in [0.1, 0.15) is 50.7 Å². The van der Waals surface area contributed by atoms with Gasteiger partial charge in [0.1, 0.15) is 12.5 Å². The lowest BCUT2D eigenvalue weighted by Crippen LogP contribution is -2.39. The van der Waals surface area contributed by atoms with Gasteiger partial charge in [0.25, 0.3) is 0 Å². The van der Waals surface area contributed by atoms with Crippen LogP contribution in [0.3, 0.4) is 0 Å². The number of rotatable bonds is 4. The largest absolute Gasteiger partial charge is 0.460 e. The summed E-state index contributed by atoms with van der Waals surface area (Å²) in [6, 6.07) is 13.0. The van der Waals surface area contributed by atoms with Crippen LogP contribution in [-0.4, -0.2) is 24.3 Å². The second-order valence-electron chi connectivity index (χ2n) is 9.83. The molecule has 2 aliphatic heterocycles. The predicted octanol–water partition coefficient (Wildman–Crippen LogP) is 5.63. The van der Waals surface area contributed by atoms with Crippen molar-refractivity contribution in [3.63, 3.8) is 0 Å². The molecule has 0 N–H and O–H groups in total. The number of aliphatic imine (C=N–C) groups is 1. The zero-order valence-electron chi connectivity index (χ0n) is 19.4. The minimum absolute atomic E-state index is 0.0120. The molecule has 5 rings (SSSR count). The number of ketones is 1. The smallest absolute Gasteiger partial charge is 0.315 e. The second kappa shape index (κ2) is 8.58. The van der Waals surface area contributed by atoms with Crippen LogP contribution >= 0.6 is 11.6 Å². The molecule has 176 valence electrons. The first-order valence-corrected chi connectivity index (χ1v) is 11.7. The highest BCUT2D eigenvalue weighted by molar-refractivity contribution is 6.32. The molecule has 2 heterocycles. The average molecular weight is 480 g/mol. The van der Waals surface area contributed by atoms with E-state index in [0.29, 0.717) is 46.2 Å². The summed E-state index contributed by atoms with van der Waals surface area (Å²) in [7, 11) is 0. The molecule has 7 heteroatoms. The number of nitrogens with zero attached hydrogens (tertiary/aromatic N) is 1. The SMILES string of the molecule is CC1=NC2=C(C(=O)CC(C)(C)C2)[C@@H](c2cc3c(cc2Cl)OCO3)C1C(=O)OCc1ccccc1. The number of esters is 1. The van der Waals surface area contributed by atoms with Crippen LogP contribution in [0.2, 0.25) is 5.02 Å². The van der Waals surface area contributed by atoms with Gasteiger partial charge in [-0.3, -0.25) is 14.6 Å². The highest BCUT2D eigenvalue weighted by Gasteiger charge is 2.47. The Kier molecular flexibility index (Phi) is 5.72. The average Bonchev–Trinajstić information content (AvgIpc) is 3.23. The van der Waals surface area contributed by atoms with E-state index in [2.05, 4.69) is 13.8 Å². The van der Waals surface area contributed by atoms with Gasteiger partial charge < -0.3 is 14.2 Å². The Morgan fingerprint density at radius 2 is 1.85 bits per heavy atom. The van der Waals surface area contributed by atoms with Gasteiger partial charge in [-0.05, 0) is 36.0 Å². The normalized spacial score (nSPS) is 22.8. The molecule has 34 heavy (non-hydrogen) atoms. The van der Waals surface area contributed by atoms with E-state index in [1.807, 2.05) is 37.3 Å². The van der Waals surface area contributed by atoms with Crippen molar-refractivity contribution in [2.45, 2.75) is 46.1 Å². The Labute approximate surface area is 203 Å². The molecule has 0 radical (unpaired) electrons. The molecule has 0 spiro atoms. The Hall–Kier alpha value is -3.12. The number of Topliss-reactive ketones (excluding diaryl/α,β-unsaturated/α-hetero) is 1. The summed E-state index contributed by atoms with van der Waals surface area (Å²) in [5.74, 6) is -0.743. The fraction of sp³-hybridized carbons (Fsp3) is 0.370. The molecule has 1 unspecified atom stereocenters. The highest BCUT2D eigenvalue weighted by atomic mass is 35.5. The number of allylic oxidation sites excluding steroid dienone is 2. The summed E-state index contributed by atoms with van der Waals surface area (Å²) in [6.45, 7) is 6.17. The first-order valence-electron chi connectivity index (χ1n) is 11.3. The van der Waals surface area contributed by atoms with Crippen LogP contribution in [0.4, 0.5) is 0 Å². The van der Waals surface area contributed by atoms with Gasteiger partial charge in [-0.2, -0.15) is 0 Å². The minimum atomic E-state index is -0.773. The van der Waals surface area contributed by atoms with Crippen molar-refractivity contribution < 1.29 is 23.8 Å². The van der Waals surface area contributed by atoms with E-state index in [0.717, 1.165) is 11.3 Å². The summed E-state index contributed by atoms with van der Waals surface area (Å²) < 4.78 is 16.8. The maximum atomic E-state index is 13.5. The van der Waals surface area contributed by atoms with Crippen molar-refractivity contribution in [2.75, 3.05) is 6.79 Å². The van der Waals surface area contributed by atoms with Crippen molar-refractivity contribution in [3.8, 4) is 11.5 Å². The monoisotopic (exact) mass is 479 g/mol. The summed E-state index contributed by atoms with van der Waals surface area (Å²) in [4.78, 5) is 31.7. The number of carbonyl (C=O) groups is 2. The van der Waals surface area contributed by atoms with Crippen LogP contribution in [0.5, 0.6) is 11.5 Å². The number of hydrogen-bond acceptors (Lipinski definition) is 6. The third-order valence-electron chi connectivity index (χ3n) is 6.61. The number of ether oxygens (including phenoxy) is 3. The molecular formula is C27H26ClNO5. The maximum Gasteiger partial charge on any atom is 0.315 e. The fourth-order valence-electron chi connectivity index (χ4n) is 5.08. The quantitative estimate of drug-likeness (QED) is 0.531. The van der Waals surface area contributed by atoms with E-state index in [1.165, 1.54) is 0 Å². The van der Waals surface area contributed by atoms with Gasteiger partial charge in [-0.1, -0.05) is 55.8 Å². The number of carbonyl (C=O) groups excluding carboxylic acids is 2. The second-order valence-corrected chi connectivity index (χ2v) is 10.2. The molecule has 2 atom stereocenters. The van der Waals surface area contributed by atoms with Gasteiger partial charge >= 0.3 is 5.97 Å². The Morgan fingerprint density at radius 1 is 1.15 bits per heavy atom. The summed E-state index contributed by atoms with van der Waals surface area (Å²) >= 11 is 6.71. The van der Waals surface area contributed by atoms with Crippen molar-refractivity contribution >= 4 is 29.1 Å². The van der Waals surface area contributed by atoms with E-state index in [9.17, 15) is 9.59 Å². The molecule has 0 saturated heterocycles. The number of benzene rings is 2. The summed E-state index contributed by atoms with van der Waals surface area (Å²) in [6.07, 6.45) is 1.03. The first kappa shape index (κ1) is 22.7. The van der Waals surface area contributed by atoms with Crippen LogP contribution in [-0.2, 0) is 20.9 Å². The van der Waals surface area contributed by atoms with E-state index < -0.39 is 17.8 Å². The van der Waals surface area contributed by atoms with Crippen LogP contribution < -0.4 is 9.47 Å². The molecule has 0 aromatic heterocycles. The van der Waals surface area contributed by atoms with Gasteiger partial charge in [-0.25, -0.2) is 0 Å². The minimum Gasteiger partial charge on any atom is -0.460 e. The number of hydrogen-bond donors (Lipinski definition) is 0. The summed E-state index contributed by atoms with van der Waals surface area (Å²) in [5.41, 5.74) is 3.21. The Morgan fingerprint density at radius 3 is 2.59 bits per heavy atom. The van der Waals surface area contributed by atoms with E-state index in [1.54, 1.807) is 12.1 Å². The number of halogens is 1. The molecule has 0 amide bonds. The maximum absolute atomic E-state index is 13.5. The molecule has 6 nitrogen and oxygen atoms in total. The van der Waals surface area contributed by atoms with Gasteiger partial charge in [0.15, 0.2) is 17.3 Å². The lowest BCUT2D eigenvalue weighted by atomic mass is 9.67. The predicted molar refractivity (Wildman–Crippen MR) is 128 cm³/mol. The van der Waals surface area contributed by atoms with Crippen molar-refractivity contribution in [1.82, 2.24) is 0 Å². The lowest BCUT2D eigenvalue weighted by molar-refractivity contribution is -0.148. The van der Waals surface area contributed by atoms with Crippen molar-refractivity contribution in [1.29, 1.82) is 0 Å². The highest BCUT2D eigenvalue weighted by Crippen LogP contribution is 2.51. The first-order chi connectivity index (χ1) is 16.2. The lowest BCUT2D eigenvalue weighted by Gasteiger charge is -2.39. The van der Waals surface area contributed by atoms with E-state index in [-0.39, 0.29) is 24.6 Å². The Balaban J connectivity index is 1.58. The van der Waals surface area contributed by atoms with Crippen LogP contribution in [0.25, 0.3) is 0 Å².